The molecule has 0 radical (unpaired) electrons. The standard InChI is InChI=1S/C10H17N3O3/c1-6(12-13-9(11)15)4-7-5-10(2,3)16-8(7)14/h7H,4-5H2,1-3H3,(H3,11,13,15)/b12-6-/t7-/m1/s1. The van der Waals surface area contributed by atoms with Crippen LogP contribution in [0.1, 0.15) is 33.6 Å². The smallest absolute Gasteiger partial charge is 0.332 e. The van der Waals surface area contributed by atoms with Gasteiger partial charge in [-0.2, -0.15) is 5.10 Å². The van der Waals surface area contributed by atoms with Crippen LogP contribution in [0.4, 0.5) is 4.79 Å². The molecule has 0 bridgehead atoms. The van der Waals surface area contributed by atoms with Crippen molar-refractivity contribution in [3.63, 3.8) is 0 Å². The molecule has 1 aliphatic heterocycles. The molecule has 1 atom stereocenters. The summed E-state index contributed by atoms with van der Waals surface area (Å²) in [6, 6.07) is -0.714. The van der Waals surface area contributed by atoms with E-state index < -0.39 is 11.6 Å². The highest BCUT2D eigenvalue weighted by Gasteiger charge is 2.39. The summed E-state index contributed by atoms with van der Waals surface area (Å²) in [5.74, 6) is -0.396. The number of amides is 2. The zero-order valence-electron chi connectivity index (χ0n) is 9.74. The molecule has 1 rings (SSSR count). The average molecular weight is 227 g/mol. The van der Waals surface area contributed by atoms with Gasteiger partial charge in [-0.15, -0.1) is 0 Å². The third kappa shape index (κ3) is 3.52. The second-order valence-electron chi connectivity index (χ2n) is 4.61. The zero-order chi connectivity index (χ0) is 12.3. The van der Waals surface area contributed by atoms with Crippen LogP contribution in [0, 0.1) is 5.92 Å². The van der Waals surface area contributed by atoms with Gasteiger partial charge in [0.1, 0.15) is 5.60 Å². The highest BCUT2D eigenvalue weighted by atomic mass is 16.6. The van der Waals surface area contributed by atoms with Crippen molar-refractivity contribution >= 4 is 17.7 Å². The van der Waals surface area contributed by atoms with Gasteiger partial charge in [-0.25, -0.2) is 10.2 Å². The minimum atomic E-state index is -0.714. The van der Waals surface area contributed by atoms with Gasteiger partial charge in [0.2, 0.25) is 0 Å². The fourth-order valence-electron chi connectivity index (χ4n) is 1.78. The Hall–Kier alpha value is -1.59. The topological polar surface area (TPSA) is 93.8 Å². The van der Waals surface area contributed by atoms with Crippen molar-refractivity contribution in [2.45, 2.75) is 39.2 Å². The predicted molar refractivity (Wildman–Crippen MR) is 58.7 cm³/mol. The molecular formula is C10H17N3O3. The zero-order valence-corrected chi connectivity index (χ0v) is 9.74. The van der Waals surface area contributed by atoms with E-state index in [0.717, 1.165) is 0 Å². The van der Waals surface area contributed by atoms with Crippen LogP contribution in [0.15, 0.2) is 5.10 Å². The summed E-state index contributed by atoms with van der Waals surface area (Å²) in [7, 11) is 0. The predicted octanol–water partition coefficient (Wildman–Crippen LogP) is 0.762. The lowest BCUT2D eigenvalue weighted by Crippen LogP contribution is -2.26. The fraction of sp³-hybridized carbons (Fsp3) is 0.700. The lowest BCUT2D eigenvalue weighted by molar-refractivity contribution is -0.148. The second kappa shape index (κ2) is 4.51. The minimum absolute atomic E-state index is 0.187. The Bertz CT molecular complexity index is 336. The van der Waals surface area contributed by atoms with E-state index in [-0.39, 0.29) is 11.9 Å². The van der Waals surface area contributed by atoms with Gasteiger partial charge in [-0.05, 0) is 20.8 Å². The number of primary amides is 1. The molecule has 1 saturated heterocycles. The van der Waals surface area contributed by atoms with Crippen LogP contribution < -0.4 is 11.2 Å². The highest BCUT2D eigenvalue weighted by Crippen LogP contribution is 2.32. The first kappa shape index (κ1) is 12.5. The summed E-state index contributed by atoms with van der Waals surface area (Å²) in [5, 5.41) is 3.75. The van der Waals surface area contributed by atoms with Crippen molar-refractivity contribution in [3.05, 3.63) is 0 Å². The quantitative estimate of drug-likeness (QED) is 0.423. The summed E-state index contributed by atoms with van der Waals surface area (Å²) in [4.78, 5) is 21.9. The van der Waals surface area contributed by atoms with Crippen LogP contribution in [-0.4, -0.2) is 23.3 Å². The molecular weight excluding hydrogens is 210 g/mol. The lowest BCUT2D eigenvalue weighted by atomic mass is 9.93. The Labute approximate surface area is 94.2 Å². The average Bonchev–Trinajstić information content (AvgIpc) is 2.36. The van der Waals surface area contributed by atoms with Gasteiger partial charge < -0.3 is 10.5 Å². The number of ether oxygens (including phenoxy) is 1. The number of hydrogen-bond acceptors (Lipinski definition) is 4. The van der Waals surface area contributed by atoms with Gasteiger partial charge in [0.25, 0.3) is 0 Å². The van der Waals surface area contributed by atoms with Crippen molar-refractivity contribution < 1.29 is 14.3 Å². The Morgan fingerprint density at radius 3 is 2.75 bits per heavy atom. The van der Waals surface area contributed by atoms with Crippen LogP contribution in [0.25, 0.3) is 0 Å². The molecule has 0 spiro atoms. The Morgan fingerprint density at radius 1 is 1.69 bits per heavy atom. The molecule has 3 N–H and O–H groups in total. The van der Waals surface area contributed by atoms with E-state index in [1.165, 1.54) is 0 Å². The normalized spacial score (nSPS) is 24.1. The van der Waals surface area contributed by atoms with Crippen molar-refractivity contribution in [2.24, 2.45) is 16.8 Å². The summed E-state index contributed by atoms with van der Waals surface area (Å²) in [6.45, 7) is 5.48. The summed E-state index contributed by atoms with van der Waals surface area (Å²) >= 11 is 0. The first-order valence-electron chi connectivity index (χ1n) is 5.11. The van der Waals surface area contributed by atoms with Crippen LogP contribution in [0.3, 0.4) is 0 Å². The molecule has 16 heavy (non-hydrogen) atoms. The largest absolute Gasteiger partial charge is 0.459 e. The molecule has 0 saturated carbocycles. The number of hydrazone groups is 1. The maximum absolute atomic E-state index is 11.5. The molecule has 1 heterocycles. The number of carbonyl (C=O) groups excluding carboxylic acids is 2. The second-order valence-corrected chi connectivity index (χ2v) is 4.61. The number of esters is 1. The number of cyclic esters (lactones) is 1. The van der Waals surface area contributed by atoms with E-state index in [0.29, 0.717) is 18.6 Å². The molecule has 0 aromatic heterocycles. The summed E-state index contributed by atoms with van der Waals surface area (Å²) < 4.78 is 5.18. The number of nitrogens with two attached hydrogens (primary N) is 1. The monoisotopic (exact) mass is 227 g/mol. The van der Waals surface area contributed by atoms with Gasteiger partial charge in [0.05, 0.1) is 5.92 Å². The SMILES string of the molecule is C/C(C[C@@H]1CC(C)(C)OC1=O)=N/NC(N)=O. The molecule has 0 aromatic rings. The Kier molecular flexibility index (Phi) is 3.51. The van der Waals surface area contributed by atoms with E-state index in [1.54, 1.807) is 6.92 Å². The van der Waals surface area contributed by atoms with Crippen LogP contribution in [0.5, 0.6) is 0 Å². The van der Waals surface area contributed by atoms with Gasteiger partial charge in [0, 0.05) is 18.6 Å². The van der Waals surface area contributed by atoms with E-state index in [9.17, 15) is 9.59 Å². The van der Waals surface area contributed by atoms with Crippen LogP contribution in [0.2, 0.25) is 0 Å². The van der Waals surface area contributed by atoms with Crippen LogP contribution >= 0.6 is 0 Å². The van der Waals surface area contributed by atoms with Crippen molar-refractivity contribution in [1.29, 1.82) is 0 Å². The molecule has 0 unspecified atom stereocenters. The van der Waals surface area contributed by atoms with E-state index in [2.05, 4.69) is 10.5 Å². The lowest BCUT2D eigenvalue weighted by Gasteiger charge is -2.14. The Balaban J connectivity index is 2.52. The maximum atomic E-state index is 11.5. The number of rotatable bonds is 3. The number of carbonyl (C=O) groups is 2. The maximum Gasteiger partial charge on any atom is 0.332 e. The van der Waals surface area contributed by atoms with E-state index in [1.807, 2.05) is 13.8 Å². The number of urea groups is 1. The third-order valence-electron chi connectivity index (χ3n) is 2.35. The molecule has 90 valence electrons. The number of nitrogens with one attached hydrogen (secondary N) is 1. The molecule has 1 fully saturated rings. The van der Waals surface area contributed by atoms with Gasteiger partial charge in [0.15, 0.2) is 0 Å². The summed E-state index contributed by atoms with van der Waals surface area (Å²) in [5.41, 5.74) is 7.25. The molecule has 6 heteroatoms. The van der Waals surface area contributed by atoms with E-state index >= 15 is 0 Å². The Morgan fingerprint density at radius 2 is 2.31 bits per heavy atom. The molecule has 1 aliphatic rings. The first-order valence-corrected chi connectivity index (χ1v) is 5.11. The fourth-order valence-corrected chi connectivity index (χ4v) is 1.78. The molecule has 0 aromatic carbocycles. The number of hydrogen-bond donors (Lipinski definition) is 2. The first-order chi connectivity index (χ1) is 7.30. The van der Waals surface area contributed by atoms with Gasteiger partial charge >= 0.3 is 12.0 Å². The van der Waals surface area contributed by atoms with Crippen molar-refractivity contribution in [3.8, 4) is 0 Å². The van der Waals surface area contributed by atoms with Gasteiger partial charge in [-0.1, -0.05) is 0 Å². The van der Waals surface area contributed by atoms with E-state index in [4.69, 9.17) is 10.5 Å². The highest BCUT2D eigenvalue weighted by molar-refractivity contribution is 5.88. The van der Waals surface area contributed by atoms with Crippen LogP contribution in [-0.2, 0) is 9.53 Å². The molecule has 6 nitrogen and oxygen atoms in total. The third-order valence-corrected chi connectivity index (χ3v) is 2.35. The van der Waals surface area contributed by atoms with Crippen molar-refractivity contribution in [1.82, 2.24) is 5.43 Å². The van der Waals surface area contributed by atoms with Gasteiger partial charge in [-0.3, -0.25) is 4.79 Å². The number of nitrogens with zero attached hydrogens (tertiary/aromatic N) is 1. The van der Waals surface area contributed by atoms with Crippen molar-refractivity contribution in [2.75, 3.05) is 0 Å². The minimum Gasteiger partial charge on any atom is -0.459 e. The molecule has 0 aliphatic carbocycles. The molecule has 2 amide bonds. The summed E-state index contributed by atoms with van der Waals surface area (Å²) in [6.07, 6.45) is 1.14.